The van der Waals surface area contributed by atoms with E-state index in [0.29, 0.717) is 23.9 Å². The Labute approximate surface area is 108 Å². The van der Waals surface area contributed by atoms with Gasteiger partial charge in [-0.25, -0.2) is 0 Å². The van der Waals surface area contributed by atoms with Gasteiger partial charge in [0.15, 0.2) is 0 Å². The molecule has 0 spiro atoms. The van der Waals surface area contributed by atoms with Crippen LogP contribution in [0.3, 0.4) is 0 Å². The fraction of sp³-hybridized carbons (Fsp3) is 0.750. The number of nitrogens with one attached hydrogen (secondary N) is 2. The van der Waals surface area contributed by atoms with Crippen molar-refractivity contribution in [2.24, 2.45) is 5.92 Å². The Morgan fingerprint density at radius 3 is 2.56 bits per heavy atom. The third kappa shape index (κ3) is 3.00. The van der Waals surface area contributed by atoms with Gasteiger partial charge in [-0.3, -0.25) is 0 Å². The van der Waals surface area contributed by atoms with Crippen LogP contribution in [-0.2, 0) is 0 Å². The summed E-state index contributed by atoms with van der Waals surface area (Å²) in [5.74, 6) is 2.72. The van der Waals surface area contributed by atoms with Crippen molar-refractivity contribution in [2.45, 2.75) is 32.2 Å². The second-order valence-electron chi connectivity index (χ2n) is 4.96. The predicted octanol–water partition coefficient (Wildman–Crippen LogP) is 1.58. The van der Waals surface area contributed by atoms with Gasteiger partial charge in [0.05, 0.1) is 0 Å². The van der Waals surface area contributed by atoms with Crippen LogP contribution in [0.4, 0.5) is 17.8 Å². The summed E-state index contributed by atoms with van der Waals surface area (Å²) < 4.78 is 0. The average Bonchev–Trinajstić information content (AvgIpc) is 3.07. The molecule has 0 saturated heterocycles. The minimum Gasteiger partial charge on any atom is -0.357 e. The number of rotatable bonds is 6. The Bertz CT molecular complexity index is 406. The minimum atomic E-state index is 0.534. The van der Waals surface area contributed by atoms with Crippen molar-refractivity contribution in [2.75, 3.05) is 36.7 Å². The maximum absolute atomic E-state index is 4.41. The van der Waals surface area contributed by atoms with E-state index in [2.05, 4.69) is 32.5 Å². The molecule has 0 radical (unpaired) electrons. The van der Waals surface area contributed by atoms with E-state index in [1.54, 1.807) is 0 Å². The first-order valence-corrected chi connectivity index (χ1v) is 6.51. The Balaban J connectivity index is 2.06. The molecule has 6 heteroatoms. The van der Waals surface area contributed by atoms with Crippen LogP contribution < -0.4 is 15.5 Å². The first-order chi connectivity index (χ1) is 8.63. The van der Waals surface area contributed by atoms with Crippen LogP contribution >= 0.6 is 0 Å². The van der Waals surface area contributed by atoms with E-state index < -0.39 is 0 Å². The topological polar surface area (TPSA) is 66.0 Å². The Hall–Kier alpha value is -1.59. The lowest BCUT2D eigenvalue weighted by atomic mass is 10.2. The molecule has 1 aliphatic rings. The van der Waals surface area contributed by atoms with Gasteiger partial charge in [-0.15, -0.1) is 0 Å². The molecule has 2 unspecified atom stereocenters. The molecule has 1 heterocycles. The van der Waals surface area contributed by atoms with E-state index in [0.717, 1.165) is 5.92 Å². The number of hydrogen-bond acceptors (Lipinski definition) is 6. The molecule has 0 aromatic carbocycles. The van der Waals surface area contributed by atoms with Crippen molar-refractivity contribution < 1.29 is 0 Å². The summed E-state index contributed by atoms with van der Waals surface area (Å²) in [6, 6.07) is 0.534. The molecule has 2 atom stereocenters. The molecule has 0 amide bonds. The molecule has 0 aliphatic heterocycles. The standard InChI is InChI=1S/C12H22N6/c1-5-6-8-7-9(8)14-11-15-10(13-2)16-12(17-11)18(3)4/h8-9H,5-7H2,1-4H3,(H2,13,14,15,16,17). The van der Waals surface area contributed by atoms with E-state index in [1.165, 1.54) is 19.3 Å². The zero-order valence-electron chi connectivity index (χ0n) is 11.6. The monoisotopic (exact) mass is 250 g/mol. The first-order valence-electron chi connectivity index (χ1n) is 6.51. The summed E-state index contributed by atoms with van der Waals surface area (Å²) in [7, 11) is 5.67. The van der Waals surface area contributed by atoms with Crippen molar-refractivity contribution in [1.29, 1.82) is 0 Å². The van der Waals surface area contributed by atoms with Crippen LogP contribution in [0, 0.1) is 5.92 Å². The SMILES string of the molecule is CCCC1CC1Nc1nc(NC)nc(N(C)C)n1. The van der Waals surface area contributed by atoms with Gasteiger partial charge in [0.2, 0.25) is 17.8 Å². The van der Waals surface area contributed by atoms with Gasteiger partial charge in [-0.1, -0.05) is 13.3 Å². The summed E-state index contributed by atoms with van der Waals surface area (Å²) in [6.45, 7) is 2.22. The highest BCUT2D eigenvalue weighted by Crippen LogP contribution is 2.36. The van der Waals surface area contributed by atoms with Crippen LogP contribution in [-0.4, -0.2) is 42.1 Å². The molecule has 1 aliphatic carbocycles. The molecule has 2 rings (SSSR count). The smallest absolute Gasteiger partial charge is 0.231 e. The quantitative estimate of drug-likeness (QED) is 0.799. The van der Waals surface area contributed by atoms with Crippen molar-refractivity contribution >= 4 is 17.8 Å². The second kappa shape index (κ2) is 5.37. The van der Waals surface area contributed by atoms with E-state index in [9.17, 15) is 0 Å². The minimum absolute atomic E-state index is 0.534. The molecule has 1 fully saturated rings. The van der Waals surface area contributed by atoms with Gasteiger partial charge in [0.1, 0.15) is 0 Å². The summed E-state index contributed by atoms with van der Waals surface area (Å²) in [4.78, 5) is 14.9. The third-order valence-electron chi connectivity index (χ3n) is 3.14. The van der Waals surface area contributed by atoms with Crippen molar-refractivity contribution in [3.8, 4) is 0 Å². The fourth-order valence-corrected chi connectivity index (χ4v) is 2.02. The zero-order valence-corrected chi connectivity index (χ0v) is 11.6. The molecule has 0 bridgehead atoms. The average molecular weight is 250 g/mol. The second-order valence-corrected chi connectivity index (χ2v) is 4.96. The molecule has 6 nitrogen and oxygen atoms in total. The zero-order chi connectivity index (χ0) is 13.1. The van der Waals surface area contributed by atoms with Gasteiger partial charge < -0.3 is 15.5 Å². The van der Waals surface area contributed by atoms with Gasteiger partial charge >= 0.3 is 0 Å². The third-order valence-corrected chi connectivity index (χ3v) is 3.14. The van der Waals surface area contributed by atoms with Gasteiger partial charge in [-0.05, 0) is 18.8 Å². The van der Waals surface area contributed by atoms with Crippen LogP contribution in [0.15, 0.2) is 0 Å². The summed E-state index contributed by atoms with van der Waals surface area (Å²) in [5, 5.41) is 6.36. The lowest BCUT2D eigenvalue weighted by molar-refractivity contribution is 0.691. The molecule has 1 saturated carbocycles. The van der Waals surface area contributed by atoms with Gasteiger partial charge in [0, 0.05) is 27.2 Å². The molecular formula is C12H22N6. The highest BCUT2D eigenvalue weighted by molar-refractivity contribution is 5.43. The van der Waals surface area contributed by atoms with Crippen LogP contribution in [0.1, 0.15) is 26.2 Å². The number of aromatic nitrogens is 3. The van der Waals surface area contributed by atoms with Gasteiger partial charge in [0.25, 0.3) is 0 Å². The van der Waals surface area contributed by atoms with Crippen LogP contribution in [0.25, 0.3) is 0 Å². The van der Waals surface area contributed by atoms with Gasteiger partial charge in [-0.2, -0.15) is 15.0 Å². The summed E-state index contributed by atoms with van der Waals surface area (Å²) >= 11 is 0. The number of nitrogens with zero attached hydrogens (tertiary/aromatic N) is 4. The molecular weight excluding hydrogens is 228 g/mol. The number of anilines is 3. The Morgan fingerprint density at radius 2 is 1.94 bits per heavy atom. The van der Waals surface area contributed by atoms with E-state index in [1.807, 2.05) is 26.0 Å². The van der Waals surface area contributed by atoms with E-state index >= 15 is 0 Å². The lowest BCUT2D eigenvalue weighted by Crippen LogP contribution is -2.17. The predicted molar refractivity (Wildman–Crippen MR) is 74.1 cm³/mol. The molecule has 1 aromatic heterocycles. The van der Waals surface area contributed by atoms with Crippen LogP contribution in [0.5, 0.6) is 0 Å². The highest BCUT2D eigenvalue weighted by atomic mass is 15.3. The molecule has 2 N–H and O–H groups in total. The summed E-state index contributed by atoms with van der Waals surface area (Å²) in [5.41, 5.74) is 0. The Morgan fingerprint density at radius 1 is 1.22 bits per heavy atom. The van der Waals surface area contributed by atoms with E-state index in [-0.39, 0.29) is 0 Å². The highest BCUT2D eigenvalue weighted by Gasteiger charge is 2.36. The van der Waals surface area contributed by atoms with Crippen molar-refractivity contribution in [1.82, 2.24) is 15.0 Å². The summed E-state index contributed by atoms with van der Waals surface area (Å²) in [6.07, 6.45) is 3.75. The van der Waals surface area contributed by atoms with Crippen molar-refractivity contribution in [3.63, 3.8) is 0 Å². The fourth-order valence-electron chi connectivity index (χ4n) is 2.02. The molecule has 18 heavy (non-hydrogen) atoms. The molecule has 1 aromatic rings. The van der Waals surface area contributed by atoms with Crippen molar-refractivity contribution in [3.05, 3.63) is 0 Å². The maximum atomic E-state index is 4.41. The molecule has 100 valence electrons. The normalized spacial score (nSPS) is 21.6. The van der Waals surface area contributed by atoms with Crippen LogP contribution in [0.2, 0.25) is 0 Å². The Kier molecular flexibility index (Phi) is 3.84. The van der Waals surface area contributed by atoms with E-state index in [4.69, 9.17) is 0 Å². The lowest BCUT2D eigenvalue weighted by Gasteiger charge is -2.13. The first kappa shape index (κ1) is 12.9. The number of hydrogen-bond donors (Lipinski definition) is 2. The maximum Gasteiger partial charge on any atom is 0.231 e. The largest absolute Gasteiger partial charge is 0.357 e.